The molecule has 0 spiro atoms. The van der Waals surface area contributed by atoms with Gasteiger partial charge < -0.3 is 14.4 Å². The molecule has 2 heterocycles. The van der Waals surface area contributed by atoms with Gasteiger partial charge in [0.1, 0.15) is 28.9 Å². The van der Waals surface area contributed by atoms with Crippen LogP contribution >= 0.6 is 11.3 Å². The molecule has 3 aromatic carbocycles. The van der Waals surface area contributed by atoms with Crippen molar-refractivity contribution in [1.82, 2.24) is 14.8 Å². The Balaban J connectivity index is 1.24. The average Bonchev–Trinajstić information content (AvgIpc) is 3.50. The number of piperidine rings is 1. The van der Waals surface area contributed by atoms with Crippen LogP contribution in [0.15, 0.2) is 84.2 Å². The van der Waals surface area contributed by atoms with Gasteiger partial charge in [-0.05, 0) is 60.7 Å². The molecule has 0 unspecified atom stereocenters. The number of hydrogen-bond acceptors (Lipinski definition) is 7. The van der Waals surface area contributed by atoms with E-state index in [0.29, 0.717) is 51.6 Å². The van der Waals surface area contributed by atoms with E-state index in [4.69, 9.17) is 9.47 Å². The maximum atomic E-state index is 13.6. The highest BCUT2D eigenvalue weighted by atomic mass is 32.1. The molecule has 1 fully saturated rings. The maximum Gasteiger partial charge on any atom is 0.310 e. The molecule has 1 saturated heterocycles. The molecule has 1 aromatic heterocycles. The zero-order chi connectivity index (χ0) is 30.0. The van der Waals surface area contributed by atoms with Gasteiger partial charge in [0.2, 0.25) is 0 Å². The summed E-state index contributed by atoms with van der Waals surface area (Å²) in [6, 6.07) is 24.6. The van der Waals surface area contributed by atoms with Gasteiger partial charge in [-0.3, -0.25) is 14.5 Å². The van der Waals surface area contributed by atoms with E-state index < -0.39 is 0 Å². The molecule has 1 amide bonds. The molecule has 0 aliphatic carbocycles. The molecule has 4 aromatic rings. The Hall–Kier alpha value is -4.08. The van der Waals surface area contributed by atoms with Gasteiger partial charge >= 0.3 is 5.97 Å². The van der Waals surface area contributed by atoms with E-state index in [0.717, 1.165) is 40.3 Å². The molecule has 0 bridgehead atoms. The lowest BCUT2D eigenvalue weighted by molar-refractivity contribution is -0.149. The van der Waals surface area contributed by atoms with E-state index in [9.17, 15) is 14.0 Å². The Labute approximate surface area is 255 Å². The first-order chi connectivity index (χ1) is 21.0. The third kappa shape index (κ3) is 8.72. The predicted molar refractivity (Wildman–Crippen MR) is 164 cm³/mol. The zero-order valence-corrected chi connectivity index (χ0v) is 25.1. The van der Waals surface area contributed by atoms with Crippen LogP contribution in [-0.4, -0.2) is 46.4 Å². The second-order valence-electron chi connectivity index (χ2n) is 10.7. The van der Waals surface area contributed by atoms with Gasteiger partial charge in [-0.2, -0.15) is 0 Å². The minimum absolute atomic E-state index is 0.160. The molecule has 5 rings (SSSR count). The van der Waals surface area contributed by atoms with Crippen molar-refractivity contribution in [2.24, 2.45) is 5.92 Å². The van der Waals surface area contributed by atoms with E-state index in [-0.39, 0.29) is 23.6 Å². The molecule has 1 atom stereocenters. The smallest absolute Gasteiger partial charge is 0.310 e. The standard InChI is InChI=1S/C34H36FN3O4S/c1-2-41-34(40)28-9-6-18-38(21-28)33(39)31-24-43-32(36-31)22-37(19-25-10-14-29(35)15-11-25)20-26-12-16-30(17-13-26)42-23-27-7-4-3-5-8-27/h3-5,7-8,10-17,24,28H,2,6,9,18-23H2,1H3/t28-/m1/s1. The summed E-state index contributed by atoms with van der Waals surface area (Å²) in [6.45, 7) is 5.32. The molecule has 0 saturated carbocycles. The van der Waals surface area contributed by atoms with Crippen LogP contribution < -0.4 is 4.74 Å². The summed E-state index contributed by atoms with van der Waals surface area (Å²) in [4.78, 5) is 34.1. The SMILES string of the molecule is CCOC(=O)[C@@H]1CCCN(C(=O)c2csc(CN(Cc3ccc(F)cc3)Cc3ccc(OCc4ccccc4)cc3)n2)C1. The average molecular weight is 602 g/mol. The largest absolute Gasteiger partial charge is 0.489 e. The van der Waals surface area contributed by atoms with Gasteiger partial charge in [0, 0.05) is 31.6 Å². The first-order valence-electron chi connectivity index (χ1n) is 14.6. The number of nitrogens with zero attached hydrogens (tertiary/aromatic N) is 3. The van der Waals surface area contributed by atoms with Crippen LogP contribution in [0.5, 0.6) is 5.75 Å². The molecule has 0 N–H and O–H groups in total. The highest BCUT2D eigenvalue weighted by Gasteiger charge is 2.30. The number of thiazole rings is 1. The Morgan fingerprint density at radius 1 is 0.953 bits per heavy atom. The number of rotatable bonds is 12. The molecule has 7 nitrogen and oxygen atoms in total. The normalized spacial score (nSPS) is 15.0. The highest BCUT2D eigenvalue weighted by Crippen LogP contribution is 2.23. The molecular weight excluding hydrogens is 565 g/mol. The topological polar surface area (TPSA) is 72.0 Å². The summed E-state index contributed by atoms with van der Waals surface area (Å²) in [5.74, 6) is -0.174. The van der Waals surface area contributed by atoms with Gasteiger partial charge in [-0.1, -0.05) is 54.6 Å². The number of carbonyl (C=O) groups excluding carboxylic acids is 2. The van der Waals surface area contributed by atoms with Crippen molar-refractivity contribution >= 4 is 23.2 Å². The molecule has 224 valence electrons. The number of ether oxygens (including phenoxy) is 2. The number of esters is 1. The molecule has 0 radical (unpaired) electrons. The Morgan fingerprint density at radius 3 is 2.35 bits per heavy atom. The van der Waals surface area contributed by atoms with Crippen molar-refractivity contribution in [2.75, 3.05) is 19.7 Å². The fraction of sp³-hybridized carbons (Fsp3) is 0.324. The number of likely N-dealkylation sites (tertiary alicyclic amines) is 1. The third-order valence-corrected chi connectivity index (χ3v) is 8.19. The third-order valence-electron chi connectivity index (χ3n) is 7.36. The number of carbonyl (C=O) groups is 2. The fourth-order valence-corrected chi connectivity index (χ4v) is 5.96. The van der Waals surface area contributed by atoms with E-state index >= 15 is 0 Å². The Kier molecular flexibility index (Phi) is 10.5. The Bertz CT molecular complexity index is 1480. The molecule has 43 heavy (non-hydrogen) atoms. The summed E-state index contributed by atoms with van der Waals surface area (Å²) in [5.41, 5.74) is 3.58. The Morgan fingerprint density at radius 2 is 1.65 bits per heavy atom. The van der Waals surface area contributed by atoms with Crippen LogP contribution in [0.4, 0.5) is 4.39 Å². The van der Waals surface area contributed by atoms with Crippen LogP contribution in [0.1, 0.15) is 52.0 Å². The van der Waals surface area contributed by atoms with Crippen LogP contribution in [0.25, 0.3) is 0 Å². The second kappa shape index (κ2) is 14.9. The van der Waals surface area contributed by atoms with E-state index in [1.165, 1.54) is 23.5 Å². The number of hydrogen-bond donors (Lipinski definition) is 0. The second-order valence-corrected chi connectivity index (χ2v) is 11.6. The van der Waals surface area contributed by atoms with Gasteiger partial charge in [0.05, 0.1) is 19.1 Å². The van der Waals surface area contributed by atoms with Crippen molar-refractivity contribution in [2.45, 2.75) is 46.0 Å². The lowest BCUT2D eigenvalue weighted by atomic mass is 9.98. The van der Waals surface area contributed by atoms with E-state index in [2.05, 4.69) is 9.88 Å². The summed E-state index contributed by atoms with van der Waals surface area (Å²) in [5, 5.41) is 2.60. The quantitative estimate of drug-likeness (QED) is 0.173. The van der Waals surface area contributed by atoms with Crippen molar-refractivity contribution < 1.29 is 23.5 Å². The number of benzene rings is 3. The molecule has 9 heteroatoms. The summed E-state index contributed by atoms with van der Waals surface area (Å²) in [7, 11) is 0. The number of aromatic nitrogens is 1. The molecule has 1 aliphatic rings. The van der Waals surface area contributed by atoms with Crippen molar-refractivity contribution in [1.29, 1.82) is 0 Å². The van der Waals surface area contributed by atoms with E-state index in [1.54, 1.807) is 29.3 Å². The number of amides is 1. The monoisotopic (exact) mass is 601 g/mol. The highest BCUT2D eigenvalue weighted by molar-refractivity contribution is 7.09. The molecule has 1 aliphatic heterocycles. The summed E-state index contributed by atoms with van der Waals surface area (Å²) in [6.07, 6.45) is 1.48. The van der Waals surface area contributed by atoms with Gasteiger partial charge in [0.15, 0.2) is 0 Å². The van der Waals surface area contributed by atoms with E-state index in [1.807, 2.05) is 54.6 Å². The van der Waals surface area contributed by atoms with Crippen molar-refractivity contribution in [3.8, 4) is 5.75 Å². The predicted octanol–water partition coefficient (Wildman–Crippen LogP) is 6.48. The lowest BCUT2D eigenvalue weighted by Gasteiger charge is -2.31. The van der Waals surface area contributed by atoms with Gasteiger partial charge in [-0.25, -0.2) is 9.37 Å². The minimum Gasteiger partial charge on any atom is -0.489 e. The summed E-state index contributed by atoms with van der Waals surface area (Å²) < 4.78 is 24.7. The van der Waals surface area contributed by atoms with Crippen molar-refractivity contribution in [3.63, 3.8) is 0 Å². The fourth-order valence-electron chi connectivity index (χ4n) is 5.16. The van der Waals surface area contributed by atoms with Crippen LogP contribution in [0.3, 0.4) is 0 Å². The summed E-state index contributed by atoms with van der Waals surface area (Å²) >= 11 is 1.44. The maximum absolute atomic E-state index is 13.6. The van der Waals surface area contributed by atoms with Crippen LogP contribution in [0, 0.1) is 11.7 Å². The van der Waals surface area contributed by atoms with Crippen LogP contribution in [0.2, 0.25) is 0 Å². The van der Waals surface area contributed by atoms with Gasteiger partial charge in [-0.15, -0.1) is 11.3 Å². The van der Waals surface area contributed by atoms with Crippen LogP contribution in [-0.2, 0) is 35.8 Å². The molecular formula is C34H36FN3O4S. The van der Waals surface area contributed by atoms with Gasteiger partial charge in [0.25, 0.3) is 5.91 Å². The first-order valence-corrected chi connectivity index (χ1v) is 15.5. The minimum atomic E-state index is -0.294. The number of halogens is 1. The first kappa shape index (κ1) is 30.4. The lowest BCUT2D eigenvalue weighted by Crippen LogP contribution is -2.43. The zero-order valence-electron chi connectivity index (χ0n) is 24.3. The van der Waals surface area contributed by atoms with Crippen molar-refractivity contribution in [3.05, 3.63) is 117 Å².